The van der Waals surface area contributed by atoms with Crippen molar-refractivity contribution in [1.29, 1.82) is 0 Å². The summed E-state index contributed by atoms with van der Waals surface area (Å²) in [5.74, 6) is 0. The summed E-state index contributed by atoms with van der Waals surface area (Å²) in [6.07, 6.45) is 1.07. The molecule has 0 amide bonds. The second-order valence-corrected chi connectivity index (χ2v) is 9.76. The average Bonchev–Trinajstić information content (AvgIpc) is 2.45. The molecule has 0 bridgehead atoms. The van der Waals surface area contributed by atoms with Crippen LogP contribution in [0.3, 0.4) is 0 Å². The summed E-state index contributed by atoms with van der Waals surface area (Å²) in [4.78, 5) is 0. The number of hydrogen-bond acceptors (Lipinski definition) is 0. The Morgan fingerprint density at radius 3 is 1.46 bits per heavy atom. The lowest BCUT2D eigenvalue weighted by atomic mass is 9.70. The lowest BCUT2D eigenvalue weighted by Gasteiger charge is -2.34. The van der Waals surface area contributed by atoms with E-state index in [1.807, 2.05) is 0 Å². The van der Waals surface area contributed by atoms with E-state index in [0.717, 1.165) is 6.42 Å². The summed E-state index contributed by atoms with van der Waals surface area (Å²) in [7, 11) is 0. The van der Waals surface area contributed by atoms with Crippen molar-refractivity contribution in [2.24, 2.45) is 0 Å². The molecule has 0 aliphatic heterocycles. The Hall–Kier alpha value is -1.56. The number of benzene rings is 2. The second kappa shape index (κ2) is 6.39. The summed E-state index contributed by atoms with van der Waals surface area (Å²) in [5.41, 5.74) is 6.34. The van der Waals surface area contributed by atoms with Crippen LogP contribution in [0.1, 0.15) is 77.6 Å². The molecule has 0 radical (unpaired) electrons. The minimum atomic E-state index is 0.114. The molecule has 2 aromatic carbocycles. The molecule has 0 saturated heterocycles. The van der Waals surface area contributed by atoms with Crippen LogP contribution in [-0.4, -0.2) is 0 Å². The highest BCUT2D eigenvalue weighted by atomic mass is 14.3. The van der Waals surface area contributed by atoms with E-state index in [1.165, 1.54) is 22.3 Å². The van der Waals surface area contributed by atoms with Gasteiger partial charge in [0.2, 0.25) is 0 Å². The van der Waals surface area contributed by atoms with Gasteiger partial charge in [-0.1, -0.05) is 104 Å². The van der Waals surface area contributed by atoms with Crippen LogP contribution in [0.2, 0.25) is 0 Å². The van der Waals surface area contributed by atoms with E-state index in [2.05, 4.69) is 104 Å². The topological polar surface area (TPSA) is 0 Å². The van der Waals surface area contributed by atoms with Gasteiger partial charge < -0.3 is 0 Å². The first-order valence-corrected chi connectivity index (χ1v) is 9.11. The fourth-order valence-corrected chi connectivity index (χ4v) is 3.62. The molecule has 0 N–H and O–H groups in total. The predicted octanol–water partition coefficient (Wildman–Crippen LogP) is 6.80. The van der Waals surface area contributed by atoms with Crippen molar-refractivity contribution in [1.82, 2.24) is 0 Å². The fourth-order valence-electron chi connectivity index (χ4n) is 3.62. The van der Waals surface area contributed by atoms with Crippen molar-refractivity contribution in [3.8, 4) is 0 Å². The van der Waals surface area contributed by atoms with Crippen LogP contribution in [0.25, 0.3) is 0 Å². The maximum atomic E-state index is 2.37. The highest BCUT2D eigenvalue weighted by molar-refractivity contribution is 5.44. The van der Waals surface area contributed by atoms with Crippen LogP contribution in [0.15, 0.2) is 48.5 Å². The largest absolute Gasteiger partial charge is 0.0622 e. The maximum Gasteiger partial charge on any atom is -0.00630 e. The van der Waals surface area contributed by atoms with Crippen molar-refractivity contribution in [3.63, 3.8) is 0 Å². The quantitative estimate of drug-likeness (QED) is 0.583. The van der Waals surface area contributed by atoms with E-state index < -0.39 is 0 Å². The molecule has 0 unspecified atom stereocenters. The van der Waals surface area contributed by atoms with E-state index in [4.69, 9.17) is 0 Å². The van der Waals surface area contributed by atoms with Gasteiger partial charge in [0.25, 0.3) is 0 Å². The van der Waals surface area contributed by atoms with E-state index >= 15 is 0 Å². The predicted molar refractivity (Wildman–Crippen MR) is 107 cm³/mol. The molecule has 24 heavy (non-hydrogen) atoms. The van der Waals surface area contributed by atoms with E-state index in [9.17, 15) is 0 Å². The van der Waals surface area contributed by atoms with Gasteiger partial charge in [0.1, 0.15) is 0 Å². The Labute approximate surface area is 149 Å². The Kier molecular flexibility index (Phi) is 5.00. The summed E-state index contributed by atoms with van der Waals surface area (Å²) in [5, 5.41) is 0. The van der Waals surface area contributed by atoms with Crippen molar-refractivity contribution < 1.29 is 0 Å². The summed E-state index contributed by atoms with van der Waals surface area (Å²) in [6, 6.07) is 17.8. The molecular formula is C24H34. The first kappa shape index (κ1) is 18.8. The zero-order valence-electron chi connectivity index (χ0n) is 16.8. The monoisotopic (exact) mass is 322 g/mol. The maximum absolute atomic E-state index is 2.37. The van der Waals surface area contributed by atoms with Crippen molar-refractivity contribution >= 4 is 0 Å². The first-order valence-electron chi connectivity index (χ1n) is 9.11. The minimum Gasteiger partial charge on any atom is -0.0622 e. The first-order chi connectivity index (χ1) is 10.9. The summed E-state index contributed by atoms with van der Waals surface area (Å²) in [6.45, 7) is 18.7. The molecule has 0 nitrogen and oxygen atoms in total. The van der Waals surface area contributed by atoms with Gasteiger partial charge in [0.15, 0.2) is 0 Å². The van der Waals surface area contributed by atoms with Gasteiger partial charge in [-0.3, -0.25) is 0 Å². The van der Waals surface area contributed by atoms with Crippen molar-refractivity contribution in [3.05, 3.63) is 70.8 Å². The summed E-state index contributed by atoms with van der Waals surface area (Å²) >= 11 is 0. The zero-order chi connectivity index (χ0) is 18.2. The normalized spacial score (nSPS) is 13.2. The standard InChI is InChI=1S/C24H34/c1-22(2,3)20-15-12-16-21(23(4,5)6)19(20)17-24(7,8)18-13-10-9-11-14-18/h9-16H,17H2,1-8H3. The fraction of sp³-hybridized carbons (Fsp3) is 0.500. The molecule has 0 heteroatoms. The Bertz CT molecular complexity index is 644. The molecule has 0 fully saturated rings. The molecule has 2 aromatic rings. The van der Waals surface area contributed by atoms with Crippen LogP contribution < -0.4 is 0 Å². The third-order valence-corrected chi connectivity index (χ3v) is 4.97. The lowest BCUT2D eigenvalue weighted by Crippen LogP contribution is -2.27. The van der Waals surface area contributed by atoms with Gasteiger partial charge in [-0.2, -0.15) is 0 Å². The molecule has 0 aliphatic carbocycles. The van der Waals surface area contributed by atoms with Gasteiger partial charge in [0.05, 0.1) is 0 Å². The van der Waals surface area contributed by atoms with Crippen molar-refractivity contribution in [2.75, 3.05) is 0 Å². The van der Waals surface area contributed by atoms with Crippen molar-refractivity contribution in [2.45, 2.75) is 78.1 Å². The van der Waals surface area contributed by atoms with Crippen LogP contribution in [0, 0.1) is 0 Å². The molecule has 130 valence electrons. The molecular weight excluding hydrogens is 288 g/mol. The third-order valence-electron chi connectivity index (χ3n) is 4.97. The molecule has 0 spiro atoms. The molecule has 0 heterocycles. The Morgan fingerprint density at radius 1 is 0.583 bits per heavy atom. The molecule has 0 aliphatic rings. The van der Waals surface area contributed by atoms with E-state index in [1.54, 1.807) is 0 Å². The molecule has 2 rings (SSSR count). The van der Waals surface area contributed by atoms with Gasteiger partial charge in [-0.25, -0.2) is 0 Å². The zero-order valence-corrected chi connectivity index (χ0v) is 16.8. The average molecular weight is 323 g/mol. The smallest absolute Gasteiger partial charge is 0.00630 e. The SMILES string of the molecule is CC(C)(C)c1cccc(C(C)(C)C)c1CC(C)(C)c1ccccc1. The van der Waals surface area contributed by atoms with Crippen LogP contribution in [-0.2, 0) is 22.7 Å². The number of hydrogen-bond donors (Lipinski definition) is 0. The Morgan fingerprint density at radius 2 is 1.04 bits per heavy atom. The Balaban J connectivity index is 2.60. The molecule has 0 aromatic heterocycles. The van der Waals surface area contributed by atoms with Gasteiger partial charge in [-0.05, 0) is 44.9 Å². The van der Waals surface area contributed by atoms with Gasteiger partial charge >= 0.3 is 0 Å². The van der Waals surface area contributed by atoms with Crippen LogP contribution in [0.4, 0.5) is 0 Å². The van der Waals surface area contributed by atoms with Gasteiger partial charge in [0, 0.05) is 0 Å². The van der Waals surface area contributed by atoms with Crippen LogP contribution >= 0.6 is 0 Å². The number of rotatable bonds is 3. The third kappa shape index (κ3) is 4.09. The van der Waals surface area contributed by atoms with E-state index in [0.29, 0.717) is 0 Å². The lowest BCUT2D eigenvalue weighted by molar-refractivity contribution is 0.490. The van der Waals surface area contributed by atoms with Gasteiger partial charge in [-0.15, -0.1) is 0 Å². The van der Waals surface area contributed by atoms with Crippen LogP contribution in [0.5, 0.6) is 0 Å². The summed E-state index contributed by atoms with van der Waals surface area (Å²) < 4.78 is 0. The van der Waals surface area contributed by atoms with E-state index in [-0.39, 0.29) is 16.2 Å². The minimum absolute atomic E-state index is 0.114. The second-order valence-electron chi connectivity index (χ2n) is 9.76. The molecule has 0 saturated carbocycles. The highest BCUT2D eigenvalue weighted by Crippen LogP contribution is 2.38. The molecule has 0 atom stereocenters. The highest BCUT2D eigenvalue weighted by Gasteiger charge is 2.30.